The van der Waals surface area contributed by atoms with E-state index in [0.717, 1.165) is 54.2 Å². The van der Waals surface area contributed by atoms with E-state index in [0.29, 0.717) is 11.8 Å². The molecule has 2 aromatic heterocycles. The molecule has 4 rings (SSSR count). The zero-order valence-electron chi connectivity index (χ0n) is 13.2. The van der Waals surface area contributed by atoms with E-state index in [9.17, 15) is 5.11 Å². The molecular formula is C17H23N3OS. The van der Waals surface area contributed by atoms with Gasteiger partial charge in [0.25, 0.3) is 0 Å². The van der Waals surface area contributed by atoms with Crippen LogP contribution in [-0.4, -0.2) is 33.8 Å². The summed E-state index contributed by atoms with van der Waals surface area (Å²) in [7, 11) is 0. The first-order valence-corrected chi connectivity index (χ1v) is 9.18. The Kier molecular flexibility index (Phi) is 3.38. The molecule has 118 valence electrons. The third-order valence-corrected chi connectivity index (χ3v) is 6.45. The number of rotatable bonds is 2. The monoisotopic (exact) mass is 317 g/mol. The van der Waals surface area contributed by atoms with Crippen molar-refractivity contribution >= 4 is 27.4 Å². The van der Waals surface area contributed by atoms with Crippen molar-refractivity contribution < 1.29 is 5.11 Å². The maximum atomic E-state index is 11.0. The SMILES string of the molecule is CC[C@]1(O)CCC[C@H]2CN(c3nc(C)nc4sccc34)C[C@H]21. The van der Waals surface area contributed by atoms with Crippen molar-refractivity contribution in [3.8, 4) is 0 Å². The van der Waals surface area contributed by atoms with Crippen LogP contribution in [0.15, 0.2) is 11.4 Å². The van der Waals surface area contributed by atoms with Gasteiger partial charge in [0.1, 0.15) is 16.5 Å². The number of anilines is 1. The van der Waals surface area contributed by atoms with Crippen LogP contribution in [-0.2, 0) is 0 Å². The van der Waals surface area contributed by atoms with E-state index in [1.165, 1.54) is 6.42 Å². The average Bonchev–Trinajstić information content (AvgIpc) is 3.13. The number of hydrogen-bond acceptors (Lipinski definition) is 5. The number of aliphatic hydroxyl groups is 1. The fourth-order valence-electron chi connectivity index (χ4n) is 4.42. The van der Waals surface area contributed by atoms with E-state index >= 15 is 0 Å². The van der Waals surface area contributed by atoms with E-state index < -0.39 is 5.60 Å². The second-order valence-electron chi connectivity index (χ2n) is 6.85. The lowest BCUT2D eigenvalue weighted by Gasteiger charge is -2.40. The molecule has 1 saturated heterocycles. The number of aromatic nitrogens is 2. The molecule has 22 heavy (non-hydrogen) atoms. The molecule has 0 bridgehead atoms. The van der Waals surface area contributed by atoms with Crippen LogP contribution in [0.5, 0.6) is 0 Å². The summed E-state index contributed by atoms with van der Waals surface area (Å²) in [6.07, 6.45) is 4.20. The summed E-state index contributed by atoms with van der Waals surface area (Å²) >= 11 is 1.68. The summed E-state index contributed by atoms with van der Waals surface area (Å²) < 4.78 is 0. The van der Waals surface area contributed by atoms with Gasteiger partial charge < -0.3 is 10.0 Å². The predicted molar refractivity (Wildman–Crippen MR) is 90.4 cm³/mol. The third kappa shape index (κ3) is 2.14. The van der Waals surface area contributed by atoms with Crippen LogP contribution < -0.4 is 4.90 Å². The van der Waals surface area contributed by atoms with Crippen molar-refractivity contribution in [3.05, 3.63) is 17.3 Å². The molecule has 1 aliphatic heterocycles. The van der Waals surface area contributed by atoms with Crippen molar-refractivity contribution in [1.82, 2.24) is 9.97 Å². The highest BCUT2D eigenvalue weighted by atomic mass is 32.1. The minimum Gasteiger partial charge on any atom is -0.390 e. The largest absolute Gasteiger partial charge is 0.390 e. The Balaban J connectivity index is 1.71. The van der Waals surface area contributed by atoms with Gasteiger partial charge in [-0.25, -0.2) is 9.97 Å². The number of nitrogens with zero attached hydrogens (tertiary/aromatic N) is 3. The fourth-order valence-corrected chi connectivity index (χ4v) is 5.23. The van der Waals surface area contributed by atoms with Gasteiger partial charge in [-0.3, -0.25) is 0 Å². The molecular weight excluding hydrogens is 294 g/mol. The topological polar surface area (TPSA) is 49.2 Å². The molecule has 2 fully saturated rings. The van der Waals surface area contributed by atoms with Crippen LogP contribution in [0.4, 0.5) is 5.82 Å². The van der Waals surface area contributed by atoms with Gasteiger partial charge in [-0.1, -0.05) is 13.3 Å². The Morgan fingerprint density at radius 3 is 3.09 bits per heavy atom. The van der Waals surface area contributed by atoms with Crippen LogP contribution in [0, 0.1) is 18.8 Å². The number of fused-ring (bicyclic) bond motifs is 2. The molecule has 0 amide bonds. The first-order chi connectivity index (χ1) is 10.6. The van der Waals surface area contributed by atoms with E-state index in [-0.39, 0.29) is 0 Å². The van der Waals surface area contributed by atoms with Crippen molar-refractivity contribution in [2.45, 2.75) is 45.1 Å². The Hall–Kier alpha value is -1.20. The van der Waals surface area contributed by atoms with E-state index in [1.807, 2.05) is 6.92 Å². The lowest BCUT2D eigenvalue weighted by molar-refractivity contribution is -0.0597. The van der Waals surface area contributed by atoms with Crippen LogP contribution >= 0.6 is 11.3 Å². The van der Waals surface area contributed by atoms with Gasteiger partial charge in [-0.05, 0) is 43.6 Å². The molecule has 4 nitrogen and oxygen atoms in total. The van der Waals surface area contributed by atoms with Crippen molar-refractivity contribution in [1.29, 1.82) is 0 Å². The van der Waals surface area contributed by atoms with Gasteiger partial charge in [0, 0.05) is 19.0 Å². The van der Waals surface area contributed by atoms with Crippen molar-refractivity contribution in [3.63, 3.8) is 0 Å². The Morgan fingerprint density at radius 2 is 2.27 bits per heavy atom. The van der Waals surface area contributed by atoms with Crippen molar-refractivity contribution in [2.75, 3.05) is 18.0 Å². The first-order valence-electron chi connectivity index (χ1n) is 8.30. The van der Waals surface area contributed by atoms with E-state index in [2.05, 4.69) is 28.3 Å². The van der Waals surface area contributed by atoms with Gasteiger partial charge in [0.05, 0.1) is 11.0 Å². The van der Waals surface area contributed by atoms with Crippen LogP contribution in [0.1, 0.15) is 38.4 Å². The van der Waals surface area contributed by atoms with E-state index in [4.69, 9.17) is 4.98 Å². The van der Waals surface area contributed by atoms with Crippen LogP contribution in [0.25, 0.3) is 10.2 Å². The highest BCUT2D eigenvalue weighted by Gasteiger charge is 2.48. The Bertz CT molecular complexity index is 700. The highest BCUT2D eigenvalue weighted by Crippen LogP contribution is 2.45. The van der Waals surface area contributed by atoms with Gasteiger partial charge in [0.15, 0.2) is 0 Å². The van der Waals surface area contributed by atoms with Gasteiger partial charge in [-0.15, -0.1) is 11.3 Å². The first kappa shape index (κ1) is 14.4. The van der Waals surface area contributed by atoms with E-state index in [1.54, 1.807) is 11.3 Å². The summed E-state index contributed by atoms with van der Waals surface area (Å²) in [5, 5.41) is 14.2. The Labute approximate surface area is 135 Å². The maximum absolute atomic E-state index is 11.0. The fraction of sp³-hybridized carbons (Fsp3) is 0.647. The van der Waals surface area contributed by atoms with Gasteiger partial charge in [0.2, 0.25) is 0 Å². The molecule has 0 aromatic carbocycles. The molecule has 1 aliphatic carbocycles. The molecule has 1 N–H and O–H groups in total. The molecule has 2 aromatic rings. The molecule has 0 radical (unpaired) electrons. The zero-order valence-corrected chi connectivity index (χ0v) is 14.1. The molecule has 0 unspecified atom stereocenters. The molecule has 0 spiro atoms. The minimum absolute atomic E-state index is 0.384. The number of aryl methyl sites for hydroxylation is 1. The average molecular weight is 317 g/mol. The molecule has 5 heteroatoms. The second-order valence-corrected chi connectivity index (χ2v) is 7.75. The van der Waals surface area contributed by atoms with Gasteiger partial charge >= 0.3 is 0 Å². The highest BCUT2D eigenvalue weighted by molar-refractivity contribution is 7.16. The second kappa shape index (κ2) is 5.17. The van der Waals surface area contributed by atoms with Crippen LogP contribution in [0.3, 0.4) is 0 Å². The smallest absolute Gasteiger partial charge is 0.141 e. The molecule has 3 atom stereocenters. The maximum Gasteiger partial charge on any atom is 0.141 e. The number of thiophene rings is 1. The summed E-state index contributed by atoms with van der Waals surface area (Å²) in [6.45, 7) is 6.04. The lowest BCUT2D eigenvalue weighted by Crippen LogP contribution is -2.44. The molecule has 2 aliphatic rings. The predicted octanol–water partition coefficient (Wildman–Crippen LogP) is 3.38. The van der Waals surface area contributed by atoms with Crippen LogP contribution in [0.2, 0.25) is 0 Å². The minimum atomic E-state index is -0.479. The van der Waals surface area contributed by atoms with Crippen molar-refractivity contribution in [2.24, 2.45) is 11.8 Å². The third-order valence-electron chi connectivity index (χ3n) is 5.64. The zero-order chi connectivity index (χ0) is 15.3. The quantitative estimate of drug-likeness (QED) is 0.922. The summed E-state index contributed by atoms with van der Waals surface area (Å²) in [6, 6.07) is 2.13. The van der Waals surface area contributed by atoms with Gasteiger partial charge in [-0.2, -0.15) is 0 Å². The molecule has 1 saturated carbocycles. The lowest BCUT2D eigenvalue weighted by atomic mass is 9.69. The number of hydrogen-bond donors (Lipinski definition) is 1. The summed E-state index contributed by atoms with van der Waals surface area (Å²) in [4.78, 5) is 12.7. The normalized spacial score (nSPS) is 31.7. The summed E-state index contributed by atoms with van der Waals surface area (Å²) in [5.41, 5.74) is -0.479. The Morgan fingerprint density at radius 1 is 1.41 bits per heavy atom. The molecule has 3 heterocycles. The summed E-state index contributed by atoms with van der Waals surface area (Å²) in [5.74, 6) is 2.89. The standard InChI is InChI=1S/C17H23N3OS/c1-3-17(21)7-4-5-12-9-20(10-14(12)17)15-13-6-8-22-16(13)19-11(2)18-15/h6,8,12,14,21H,3-5,7,9-10H2,1-2H3/t12-,14+,17-/m0/s1.